The van der Waals surface area contributed by atoms with Gasteiger partial charge < -0.3 is 9.80 Å². The van der Waals surface area contributed by atoms with Gasteiger partial charge in [-0.15, -0.1) is 0 Å². The Balaban J connectivity index is 0.945. The molecule has 0 amide bonds. The van der Waals surface area contributed by atoms with Crippen LogP contribution in [0.2, 0.25) is 0 Å². The van der Waals surface area contributed by atoms with Crippen molar-refractivity contribution >= 4 is 45.8 Å². The number of aryl methyl sites for hydroxylation is 1. The molecule has 0 unspecified atom stereocenters. The molecule has 0 atom stereocenters. The zero-order valence-corrected chi connectivity index (χ0v) is 33.7. The molecule has 2 heteroatoms. The van der Waals surface area contributed by atoms with Crippen molar-refractivity contribution in [1.29, 1.82) is 0 Å². The molecular formula is C58H46N2. The number of hydrogen-bond acceptors (Lipinski definition) is 2. The number of allylic oxidation sites excluding steroid dienone is 5. The lowest BCUT2D eigenvalue weighted by atomic mass is 9.94. The third-order valence-electron chi connectivity index (χ3n) is 11.8. The highest BCUT2D eigenvalue weighted by Gasteiger charge is 2.19. The van der Waals surface area contributed by atoms with Crippen molar-refractivity contribution in [1.82, 2.24) is 0 Å². The molecule has 0 heterocycles. The van der Waals surface area contributed by atoms with E-state index in [0.29, 0.717) is 0 Å². The Hall–Kier alpha value is -7.42. The first-order chi connectivity index (χ1) is 29.7. The lowest BCUT2D eigenvalue weighted by Crippen LogP contribution is -2.12. The molecule has 288 valence electrons. The fourth-order valence-electron chi connectivity index (χ4n) is 8.64. The van der Waals surface area contributed by atoms with E-state index in [4.69, 9.17) is 0 Å². The molecule has 8 aromatic carbocycles. The normalized spacial score (nSPS) is 13.0. The fraction of sp³-hybridized carbons (Fsp3) is 0.0690. The number of para-hydroxylation sites is 1. The van der Waals surface area contributed by atoms with E-state index in [1.54, 1.807) is 0 Å². The molecule has 0 N–H and O–H groups in total. The summed E-state index contributed by atoms with van der Waals surface area (Å²) < 4.78 is 0. The molecule has 8 aromatic rings. The minimum absolute atomic E-state index is 1.08. The van der Waals surface area contributed by atoms with E-state index in [1.165, 1.54) is 61.3 Å². The molecule has 2 nitrogen and oxygen atoms in total. The lowest BCUT2D eigenvalue weighted by molar-refractivity contribution is 0.984. The largest absolute Gasteiger partial charge is 0.311 e. The molecule has 0 aliphatic heterocycles. The predicted molar refractivity (Wildman–Crippen MR) is 256 cm³/mol. The first-order valence-corrected chi connectivity index (χ1v) is 21.1. The van der Waals surface area contributed by atoms with E-state index < -0.39 is 0 Å². The van der Waals surface area contributed by atoms with Gasteiger partial charge in [0.15, 0.2) is 0 Å². The van der Waals surface area contributed by atoms with Crippen molar-refractivity contribution in [3.8, 4) is 33.4 Å². The molecule has 2 aliphatic rings. The average Bonchev–Trinajstić information content (AvgIpc) is 3.34. The van der Waals surface area contributed by atoms with Crippen LogP contribution < -0.4 is 9.80 Å². The standard InChI is InChI=1S/C58H46N2/c1-4-14-43(15-5-1)45-26-34-53(35-27-45)59(54-36-28-46(29-37-54)44-16-6-2-7-17-44)55-38-30-47(31-39-55)50-20-12-21-51(42-50)48-32-40-56(41-33-48)60(52-22-8-3-9-23-52)58-25-13-19-49-18-10-11-24-57(49)58/h1,3-6,8-9,11-17,19-42H,2,7,10,18H2. The molecule has 0 radical (unpaired) electrons. The fourth-order valence-corrected chi connectivity index (χ4v) is 8.64. The van der Waals surface area contributed by atoms with Crippen molar-refractivity contribution in [3.63, 3.8) is 0 Å². The molecule has 0 aromatic heterocycles. The molecule has 0 fully saturated rings. The molecule has 0 spiro atoms. The van der Waals surface area contributed by atoms with Crippen LogP contribution in [-0.4, -0.2) is 0 Å². The van der Waals surface area contributed by atoms with Crippen LogP contribution in [0.25, 0.3) is 45.0 Å². The van der Waals surface area contributed by atoms with Crippen molar-refractivity contribution in [3.05, 3.63) is 241 Å². The molecule has 0 saturated heterocycles. The first-order valence-electron chi connectivity index (χ1n) is 21.1. The summed E-state index contributed by atoms with van der Waals surface area (Å²) in [6.45, 7) is 0. The number of fused-ring (bicyclic) bond motifs is 1. The monoisotopic (exact) mass is 770 g/mol. The van der Waals surface area contributed by atoms with E-state index in [9.17, 15) is 0 Å². The van der Waals surface area contributed by atoms with Crippen LogP contribution in [-0.2, 0) is 6.42 Å². The van der Waals surface area contributed by atoms with Crippen molar-refractivity contribution in [2.24, 2.45) is 0 Å². The van der Waals surface area contributed by atoms with Gasteiger partial charge in [-0.2, -0.15) is 0 Å². The van der Waals surface area contributed by atoms with Gasteiger partial charge in [-0.05, 0) is 149 Å². The van der Waals surface area contributed by atoms with Gasteiger partial charge in [-0.1, -0.05) is 158 Å². The highest BCUT2D eigenvalue weighted by molar-refractivity contribution is 5.86. The van der Waals surface area contributed by atoms with Gasteiger partial charge in [0.1, 0.15) is 0 Å². The third-order valence-corrected chi connectivity index (χ3v) is 11.8. The highest BCUT2D eigenvalue weighted by atomic mass is 15.1. The summed E-state index contributed by atoms with van der Waals surface area (Å²) in [5, 5.41) is 0. The first kappa shape index (κ1) is 36.9. The van der Waals surface area contributed by atoms with Crippen LogP contribution in [0, 0.1) is 0 Å². The van der Waals surface area contributed by atoms with Crippen LogP contribution in [0.5, 0.6) is 0 Å². The summed E-state index contributed by atoms with van der Waals surface area (Å²) in [7, 11) is 0. The maximum absolute atomic E-state index is 2.39. The molecular weight excluding hydrogens is 725 g/mol. The molecule has 60 heavy (non-hydrogen) atoms. The van der Waals surface area contributed by atoms with Crippen LogP contribution >= 0.6 is 0 Å². The highest BCUT2D eigenvalue weighted by Crippen LogP contribution is 2.41. The van der Waals surface area contributed by atoms with Gasteiger partial charge in [-0.25, -0.2) is 0 Å². The summed E-state index contributed by atoms with van der Waals surface area (Å²) >= 11 is 0. The SMILES string of the molecule is C1=CC(c2ccc(N(c3ccc(-c4ccccc4)cc3)c3ccc(-c4cccc(-c5ccc(N(c6ccccc6)c6cccc7c6C=CCC7)cc5)c4)cc3)cc2)=CCC1. The zero-order chi connectivity index (χ0) is 40.1. The van der Waals surface area contributed by atoms with Gasteiger partial charge in [0.05, 0.1) is 5.69 Å². The van der Waals surface area contributed by atoms with Crippen molar-refractivity contribution in [2.75, 3.05) is 9.80 Å². The van der Waals surface area contributed by atoms with Crippen LogP contribution in [0.4, 0.5) is 34.1 Å². The predicted octanol–water partition coefficient (Wildman–Crippen LogP) is 16.3. The summed E-state index contributed by atoms with van der Waals surface area (Å²) in [6.07, 6.45) is 15.8. The Kier molecular flexibility index (Phi) is 10.3. The number of rotatable bonds is 10. The van der Waals surface area contributed by atoms with Crippen LogP contribution in [0.3, 0.4) is 0 Å². The number of nitrogens with zero attached hydrogens (tertiary/aromatic N) is 2. The Morgan fingerprint density at radius 2 is 0.783 bits per heavy atom. The minimum Gasteiger partial charge on any atom is -0.311 e. The van der Waals surface area contributed by atoms with Crippen molar-refractivity contribution < 1.29 is 0 Å². The lowest BCUT2D eigenvalue weighted by Gasteiger charge is -2.29. The van der Waals surface area contributed by atoms with Gasteiger partial charge in [0, 0.05) is 34.0 Å². The second-order valence-electron chi connectivity index (χ2n) is 15.6. The Bertz CT molecular complexity index is 2810. The third kappa shape index (κ3) is 7.64. The maximum Gasteiger partial charge on any atom is 0.0536 e. The number of hydrogen-bond donors (Lipinski definition) is 0. The Morgan fingerprint density at radius 1 is 0.317 bits per heavy atom. The van der Waals surface area contributed by atoms with Crippen LogP contribution in [0.1, 0.15) is 36.0 Å². The zero-order valence-electron chi connectivity index (χ0n) is 33.7. The smallest absolute Gasteiger partial charge is 0.0536 e. The summed E-state index contributed by atoms with van der Waals surface area (Å²) in [6, 6.07) is 72.8. The second-order valence-corrected chi connectivity index (χ2v) is 15.6. The molecule has 0 saturated carbocycles. The van der Waals surface area contributed by atoms with Crippen molar-refractivity contribution in [2.45, 2.75) is 25.7 Å². The minimum atomic E-state index is 1.08. The van der Waals surface area contributed by atoms with Gasteiger partial charge in [-0.3, -0.25) is 0 Å². The van der Waals surface area contributed by atoms with E-state index in [1.807, 2.05) is 0 Å². The van der Waals surface area contributed by atoms with Crippen LogP contribution in [0.15, 0.2) is 224 Å². The molecule has 0 bridgehead atoms. The molecule has 10 rings (SSSR count). The van der Waals surface area contributed by atoms with Gasteiger partial charge in [0.25, 0.3) is 0 Å². The second kappa shape index (κ2) is 16.8. The van der Waals surface area contributed by atoms with Gasteiger partial charge in [0.2, 0.25) is 0 Å². The average molecular weight is 771 g/mol. The van der Waals surface area contributed by atoms with Gasteiger partial charge >= 0.3 is 0 Å². The number of anilines is 6. The maximum atomic E-state index is 2.39. The Morgan fingerprint density at radius 3 is 1.37 bits per heavy atom. The summed E-state index contributed by atoms with van der Waals surface area (Å²) in [4.78, 5) is 4.74. The van der Waals surface area contributed by atoms with E-state index in [0.717, 1.165) is 54.1 Å². The van der Waals surface area contributed by atoms with E-state index in [2.05, 4.69) is 240 Å². The Labute approximate surface area is 354 Å². The van der Waals surface area contributed by atoms with E-state index >= 15 is 0 Å². The topological polar surface area (TPSA) is 6.48 Å². The number of benzene rings is 8. The summed E-state index contributed by atoms with van der Waals surface area (Å²) in [5.41, 5.74) is 19.3. The quantitative estimate of drug-likeness (QED) is 0.137. The van der Waals surface area contributed by atoms with E-state index in [-0.39, 0.29) is 0 Å². The molecule has 2 aliphatic carbocycles. The summed E-state index contributed by atoms with van der Waals surface area (Å²) in [5.74, 6) is 0.